The summed E-state index contributed by atoms with van der Waals surface area (Å²) in [4.78, 5) is 13.9. The van der Waals surface area contributed by atoms with Crippen LogP contribution < -0.4 is 5.73 Å². The second-order valence-corrected chi connectivity index (χ2v) is 5.18. The fourth-order valence-corrected chi connectivity index (χ4v) is 2.05. The molecule has 20 heavy (non-hydrogen) atoms. The number of hydrogen-bond acceptors (Lipinski definition) is 4. The van der Waals surface area contributed by atoms with E-state index in [0.29, 0.717) is 25.5 Å². The summed E-state index contributed by atoms with van der Waals surface area (Å²) in [6.45, 7) is 12.4. The third-order valence-corrected chi connectivity index (χ3v) is 3.16. The van der Waals surface area contributed by atoms with Gasteiger partial charge in [0.25, 0.3) is 0 Å². The maximum Gasteiger partial charge on any atom is 0.306 e. The molecular weight excluding hydrogens is 299 g/mol. The highest BCUT2D eigenvalue weighted by Crippen LogP contribution is 2.14. The molecule has 0 heterocycles. The van der Waals surface area contributed by atoms with Gasteiger partial charge in [-0.2, -0.15) is 0 Å². The zero-order valence-corrected chi connectivity index (χ0v) is 14.9. The summed E-state index contributed by atoms with van der Waals surface area (Å²) in [5.41, 5.74) is 5.67. The largest absolute Gasteiger partial charge is 0.464 e. The van der Waals surface area contributed by atoms with Crippen LogP contribution in [0.15, 0.2) is 0 Å². The van der Waals surface area contributed by atoms with Gasteiger partial charge in [-0.15, -0.1) is 24.8 Å². The summed E-state index contributed by atoms with van der Waals surface area (Å²) in [6.07, 6.45) is 1.44. The van der Waals surface area contributed by atoms with Crippen LogP contribution in [0.4, 0.5) is 0 Å². The first kappa shape index (κ1) is 25.0. The topological polar surface area (TPSA) is 55.6 Å². The number of nitrogens with zero attached hydrogens (tertiary/aromatic N) is 1. The second-order valence-electron chi connectivity index (χ2n) is 5.18. The number of halogens is 2. The van der Waals surface area contributed by atoms with Crippen molar-refractivity contribution >= 4 is 30.8 Å². The van der Waals surface area contributed by atoms with Gasteiger partial charge in [-0.1, -0.05) is 27.7 Å². The van der Waals surface area contributed by atoms with E-state index in [9.17, 15) is 4.79 Å². The van der Waals surface area contributed by atoms with Gasteiger partial charge in [0, 0.05) is 13.0 Å². The summed E-state index contributed by atoms with van der Waals surface area (Å²) in [5, 5.41) is 0. The van der Waals surface area contributed by atoms with Gasteiger partial charge in [-0.05, 0) is 37.9 Å². The average Bonchev–Trinajstić information content (AvgIpc) is 2.33. The maximum absolute atomic E-state index is 11.7. The van der Waals surface area contributed by atoms with E-state index in [-0.39, 0.29) is 36.7 Å². The molecule has 0 unspecified atom stereocenters. The molecule has 6 heteroatoms. The Balaban J connectivity index is -0.00000144. The van der Waals surface area contributed by atoms with Crippen molar-refractivity contribution in [1.29, 1.82) is 0 Å². The number of carbonyl (C=O) groups excluding carboxylic acids is 1. The highest BCUT2D eigenvalue weighted by atomic mass is 35.5. The first-order valence-electron chi connectivity index (χ1n) is 7.11. The molecule has 1 atom stereocenters. The summed E-state index contributed by atoms with van der Waals surface area (Å²) in [6, 6.07) is 0. The van der Waals surface area contributed by atoms with E-state index in [1.165, 1.54) is 0 Å². The lowest BCUT2D eigenvalue weighted by atomic mass is 9.94. The van der Waals surface area contributed by atoms with Gasteiger partial charge in [0.1, 0.15) is 6.61 Å². The summed E-state index contributed by atoms with van der Waals surface area (Å²) in [5.74, 6) is 0.714. The molecule has 0 bridgehead atoms. The smallest absolute Gasteiger partial charge is 0.306 e. The standard InChI is InChI=1S/C14H30N2O2.2ClH/c1-5-16(6-2)7-8-18-14(17)10-13(11-15)9-12(3)4;;/h12-13H,5-11,15H2,1-4H3;2*1H/t13-;;/m0../s1. The van der Waals surface area contributed by atoms with Gasteiger partial charge in [-0.3, -0.25) is 4.79 Å². The lowest BCUT2D eigenvalue weighted by Gasteiger charge is -2.19. The van der Waals surface area contributed by atoms with Crippen molar-refractivity contribution in [3.63, 3.8) is 0 Å². The SMILES string of the molecule is CCN(CC)CCOC(=O)C[C@@H](CN)CC(C)C.Cl.Cl. The van der Waals surface area contributed by atoms with E-state index in [0.717, 1.165) is 26.1 Å². The molecule has 2 N–H and O–H groups in total. The van der Waals surface area contributed by atoms with Crippen LogP contribution in [0.5, 0.6) is 0 Å². The van der Waals surface area contributed by atoms with E-state index in [1.807, 2.05) is 0 Å². The predicted molar refractivity (Wildman–Crippen MR) is 89.9 cm³/mol. The Morgan fingerprint density at radius 1 is 1.20 bits per heavy atom. The first-order chi connectivity index (χ1) is 8.53. The second kappa shape index (κ2) is 15.4. The Hall–Kier alpha value is -0.0300. The third-order valence-electron chi connectivity index (χ3n) is 3.16. The van der Waals surface area contributed by atoms with Gasteiger partial charge < -0.3 is 15.4 Å². The number of likely N-dealkylation sites (N-methyl/N-ethyl adjacent to an activating group) is 1. The fraction of sp³-hybridized carbons (Fsp3) is 0.929. The molecule has 0 rings (SSSR count). The zero-order chi connectivity index (χ0) is 14.0. The molecular formula is C14H32Cl2N2O2. The lowest BCUT2D eigenvalue weighted by Crippen LogP contribution is -2.28. The molecule has 0 aliphatic rings. The molecule has 124 valence electrons. The molecule has 0 radical (unpaired) electrons. The van der Waals surface area contributed by atoms with Crippen LogP contribution in [0, 0.1) is 11.8 Å². The number of nitrogens with two attached hydrogens (primary N) is 1. The van der Waals surface area contributed by atoms with Crippen molar-refractivity contribution in [3.05, 3.63) is 0 Å². The number of rotatable bonds is 10. The highest BCUT2D eigenvalue weighted by molar-refractivity contribution is 5.85. The molecule has 0 amide bonds. The quantitative estimate of drug-likeness (QED) is 0.626. The molecule has 0 fully saturated rings. The number of hydrogen-bond donors (Lipinski definition) is 1. The molecule has 0 aromatic rings. The minimum Gasteiger partial charge on any atom is -0.464 e. The Labute approximate surface area is 136 Å². The van der Waals surface area contributed by atoms with E-state index in [2.05, 4.69) is 32.6 Å². The molecule has 0 saturated carbocycles. The van der Waals surface area contributed by atoms with E-state index in [1.54, 1.807) is 0 Å². The van der Waals surface area contributed by atoms with Crippen molar-refractivity contribution in [1.82, 2.24) is 4.90 Å². The minimum absolute atomic E-state index is 0. The van der Waals surface area contributed by atoms with Crippen LogP contribution in [0.25, 0.3) is 0 Å². The predicted octanol–water partition coefficient (Wildman–Crippen LogP) is 2.73. The number of esters is 1. The highest BCUT2D eigenvalue weighted by Gasteiger charge is 2.15. The van der Waals surface area contributed by atoms with Crippen LogP contribution in [0.2, 0.25) is 0 Å². The first-order valence-corrected chi connectivity index (χ1v) is 7.11. The maximum atomic E-state index is 11.7. The Morgan fingerprint density at radius 3 is 2.15 bits per heavy atom. The molecule has 0 aliphatic heterocycles. The van der Waals surface area contributed by atoms with Crippen LogP contribution in [0.3, 0.4) is 0 Å². The lowest BCUT2D eigenvalue weighted by molar-refractivity contribution is -0.145. The van der Waals surface area contributed by atoms with E-state index in [4.69, 9.17) is 10.5 Å². The molecule has 0 aliphatic carbocycles. The monoisotopic (exact) mass is 330 g/mol. The Bertz CT molecular complexity index is 225. The summed E-state index contributed by atoms with van der Waals surface area (Å²) in [7, 11) is 0. The summed E-state index contributed by atoms with van der Waals surface area (Å²) < 4.78 is 5.25. The molecule has 0 aromatic carbocycles. The van der Waals surface area contributed by atoms with Crippen LogP contribution in [0.1, 0.15) is 40.5 Å². The van der Waals surface area contributed by atoms with Gasteiger partial charge in [-0.25, -0.2) is 0 Å². The van der Waals surface area contributed by atoms with Crippen molar-refractivity contribution in [2.75, 3.05) is 32.8 Å². The van der Waals surface area contributed by atoms with E-state index >= 15 is 0 Å². The van der Waals surface area contributed by atoms with Crippen LogP contribution in [-0.2, 0) is 9.53 Å². The van der Waals surface area contributed by atoms with Crippen LogP contribution >= 0.6 is 24.8 Å². The Kier molecular flexibility index (Phi) is 19.2. The van der Waals surface area contributed by atoms with Crippen molar-refractivity contribution in [2.24, 2.45) is 17.6 Å². The Morgan fingerprint density at radius 2 is 1.75 bits per heavy atom. The zero-order valence-electron chi connectivity index (χ0n) is 13.3. The summed E-state index contributed by atoms with van der Waals surface area (Å²) >= 11 is 0. The van der Waals surface area contributed by atoms with Crippen molar-refractivity contribution < 1.29 is 9.53 Å². The fourth-order valence-electron chi connectivity index (χ4n) is 2.05. The minimum atomic E-state index is -0.113. The number of ether oxygens (including phenoxy) is 1. The molecule has 0 saturated heterocycles. The van der Waals surface area contributed by atoms with Crippen molar-refractivity contribution in [3.8, 4) is 0 Å². The van der Waals surface area contributed by atoms with Gasteiger partial charge in [0.2, 0.25) is 0 Å². The molecule has 4 nitrogen and oxygen atoms in total. The average molecular weight is 331 g/mol. The molecule has 0 aromatic heterocycles. The van der Waals surface area contributed by atoms with Crippen LogP contribution in [-0.4, -0.2) is 43.7 Å². The van der Waals surface area contributed by atoms with Crippen molar-refractivity contribution in [2.45, 2.75) is 40.5 Å². The van der Waals surface area contributed by atoms with E-state index < -0.39 is 0 Å². The van der Waals surface area contributed by atoms with Gasteiger partial charge >= 0.3 is 5.97 Å². The normalized spacial score (nSPS) is 11.8. The van der Waals surface area contributed by atoms with Gasteiger partial charge in [0.05, 0.1) is 0 Å². The number of carbonyl (C=O) groups is 1. The van der Waals surface area contributed by atoms with Gasteiger partial charge in [0.15, 0.2) is 0 Å². The molecule has 0 spiro atoms. The third kappa shape index (κ3) is 13.0.